The van der Waals surface area contributed by atoms with Crippen molar-refractivity contribution in [1.82, 2.24) is 5.32 Å². The van der Waals surface area contributed by atoms with Gasteiger partial charge in [-0.1, -0.05) is 20.3 Å². The molecule has 0 aromatic rings. The van der Waals surface area contributed by atoms with Gasteiger partial charge in [-0.3, -0.25) is 4.79 Å². The maximum atomic E-state index is 11.8. The second-order valence-corrected chi connectivity index (χ2v) is 3.96. The first kappa shape index (κ1) is 10.7. The number of ketones is 1. The van der Waals surface area contributed by atoms with Gasteiger partial charge in [0.25, 0.3) is 0 Å². The number of hydrogen-bond acceptors (Lipinski definition) is 3. The zero-order valence-electron chi connectivity index (χ0n) is 8.55. The Hall–Kier alpha value is -0.410. The Morgan fingerprint density at radius 3 is 2.85 bits per heavy atom. The van der Waals surface area contributed by atoms with Gasteiger partial charge in [-0.15, -0.1) is 0 Å². The lowest BCUT2D eigenvalue weighted by atomic mass is 9.92. The minimum absolute atomic E-state index is 0.0315. The van der Waals surface area contributed by atoms with Gasteiger partial charge < -0.3 is 11.1 Å². The second kappa shape index (κ2) is 4.72. The maximum Gasteiger partial charge on any atom is 0.166 e. The van der Waals surface area contributed by atoms with Crippen molar-refractivity contribution >= 4 is 5.78 Å². The van der Waals surface area contributed by atoms with E-state index in [1.165, 1.54) is 0 Å². The molecule has 3 heteroatoms. The lowest BCUT2D eigenvalue weighted by Crippen LogP contribution is -2.46. The van der Waals surface area contributed by atoms with Gasteiger partial charge in [0.05, 0.1) is 12.1 Å². The highest BCUT2D eigenvalue weighted by atomic mass is 16.1. The van der Waals surface area contributed by atoms with E-state index in [9.17, 15) is 4.79 Å². The number of nitrogens with one attached hydrogen (secondary N) is 1. The van der Waals surface area contributed by atoms with E-state index in [0.717, 1.165) is 25.8 Å². The molecular weight excluding hydrogens is 164 g/mol. The highest BCUT2D eigenvalue weighted by Gasteiger charge is 2.28. The van der Waals surface area contributed by atoms with Crippen molar-refractivity contribution in [2.45, 2.75) is 45.2 Å². The van der Waals surface area contributed by atoms with E-state index in [1.807, 2.05) is 6.92 Å². The molecule has 0 spiro atoms. The summed E-state index contributed by atoms with van der Waals surface area (Å²) in [6.07, 6.45) is 3.03. The molecule has 13 heavy (non-hydrogen) atoms. The largest absolute Gasteiger partial charge is 0.321 e. The molecule has 1 unspecified atom stereocenters. The number of nitrogens with two attached hydrogens (primary N) is 1. The van der Waals surface area contributed by atoms with Crippen LogP contribution in [0.15, 0.2) is 0 Å². The fraction of sp³-hybridized carbons (Fsp3) is 0.900. The summed E-state index contributed by atoms with van der Waals surface area (Å²) in [5.41, 5.74) is 5.86. The molecule has 1 fully saturated rings. The fourth-order valence-corrected chi connectivity index (χ4v) is 1.69. The Morgan fingerprint density at radius 2 is 2.38 bits per heavy atom. The van der Waals surface area contributed by atoms with Gasteiger partial charge in [0.1, 0.15) is 0 Å². The maximum absolute atomic E-state index is 11.8. The van der Waals surface area contributed by atoms with E-state index in [0.29, 0.717) is 5.92 Å². The molecule has 0 aromatic carbocycles. The Bertz CT molecular complexity index is 176. The van der Waals surface area contributed by atoms with Crippen molar-refractivity contribution < 1.29 is 4.79 Å². The summed E-state index contributed by atoms with van der Waals surface area (Å²) in [5.74, 6) is 0.502. The van der Waals surface area contributed by atoms with Crippen LogP contribution in [0.2, 0.25) is 0 Å². The molecule has 3 N–H and O–H groups in total. The molecule has 1 saturated heterocycles. The minimum Gasteiger partial charge on any atom is -0.321 e. The molecule has 3 nitrogen and oxygen atoms in total. The molecule has 0 aromatic heterocycles. The van der Waals surface area contributed by atoms with Crippen LogP contribution in [0.3, 0.4) is 0 Å². The number of rotatable bonds is 4. The molecule has 1 aliphatic rings. The van der Waals surface area contributed by atoms with E-state index in [-0.39, 0.29) is 17.9 Å². The Balaban J connectivity index is 2.45. The third kappa shape index (κ3) is 2.51. The molecule has 1 aliphatic heterocycles. The van der Waals surface area contributed by atoms with Crippen molar-refractivity contribution in [3.05, 3.63) is 0 Å². The SMILES string of the molecule is CC[C@H](C)[C@H](N)C(=O)C1CCCN1. The first-order chi connectivity index (χ1) is 6.16. The van der Waals surface area contributed by atoms with E-state index in [4.69, 9.17) is 5.73 Å². The highest BCUT2D eigenvalue weighted by Crippen LogP contribution is 2.13. The van der Waals surface area contributed by atoms with E-state index >= 15 is 0 Å². The quantitative estimate of drug-likeness (QED) is 0.675. The van der Waals surface area contributed by atoms with Crippen LogP contribution in [0.25, 0.3) is 0 Å². The third-order valence-corrected chi connectivity index (χ3v) is 2.99. The van der Waals surface area contributed by atoms with E-state index in [1.54, 1.807) is 0 Å². The van der Waals surface area contributed by atoms with Gasteiger partial charge in [-0.2, -0.15) is 0 Å². The summed E-state index contributed by atoms with van der Waals surface area (Å²) in [4.78, 5) is 11.8. The predicted molar refractivity (Wildman–Crippen MR) is 53.5 cm³/mol. The number of carbonyl (C=O) groups excluding carboxylic acids is 1. The van der Waals surface area contributed by atoms with Crippen LogP contribution in [-0.4, -0.2) is 24.4 Å². The van der Waals surface area contributed by atoms with E-state index < -0.39 is 0 Å². The molecule has 76 valence electrons. The van der Waals surface area contributed by atoms with Gasteiger partial charge >= 0.3 is 0 Å². The topological polar surface area (TPSA) is 55.1 Å². The molecule has 1 rings (SSSR count). The first-order valence-corrected chi connectivity index (χ1v) is 5.19. The molecule has 0 aliphatic carbocycles. The number of hydrogen-bond donors (Lipinski definition) is 2. The molecule has 0 saturated carbocycles. The highest BCUT2D eigenvalue weighted by molar-refractivity contribution is 5.89. The van der Waals surface area contributed by atoms with Gasteiger partial charge in [0.15, 0.2) is 5.78 Å². The molecule has 1 heterocycles. The van der Waals surface area contributed by atoms with Crippen LogP contribution in [0.1, 0.15) is 33.1 Å². The van der Waals surface area contributed by atoms with E-state index in [2.05, 4.69) is 12.2 Å². The van der Waals surface area contributed by atoms with Crippen molar-refractivity contribution in [2.24, 2.45) is 11.7 Å². The van der Waals surface area contributed by atoms with Crippen LogP contribution in [-0.2, 0) is 4.79 Å². The zero-order valence-corrected chi connectivity index (χ0v) is 8.55. The van der Waals surface area contributed by atoms with Gasteiger partial charge in [-0.05, 0) is 25.3 Å². The lowest BCUT2D eigenvalue weighted by molar-refractivity contribution is -0.123. The summed E-state index contributed by atoms with van der Waals surface area (Å²) < 4.78 is 0. The minimum atomic E-state index is -0.277. The first-order valence-electron chi connectivity index (χ1n) is 5.19. The Labute approximate surface area is 80.1 Å². The van der Waals surface area contributed by atoms with Gasteiger partial charge in [0.2, 0.25) is 0 Å². The van der Waals surface area contributed by atoms with Crippen LogP contribution < -0.4 is 11.1 Å². The Kier molecular flexibility index (Phi) is 3.88. The van der Waals surface area contributed by atoms with Crippen molar-refractivity contribution in [3.63, 3.8) is 0 Å². The lowest BCUT2D eigenvalue weighted by Gasteiger charge is -2.20. The summed E-state index contributed by atoms with van der Waals surface area (Å²) in [7, 11) is 0. The third-order valence-electron chi connectivity index (χ3n) is 2.99. The average molecular weight is 184 g/mol. The summed E-state index contributed by atoms with van der Waals surface area (Å²) in [6, 6.07) is -0.246. The average Bonchev–Trinajstić information content (AvgIpc) is 2.67. The van der Waals surface area contributed by atoms with Crippen molar-refractivity contribution in [2.75, 3.05) is 6.54 Å². The molecule has 0 amide bonds. The monoisotopic (exact) mass is 184 g/mol. The van der Waals surface area contributed by atoms with Crippen LogP contribution in [0.4, 0.5) is 0 Å². The van der Waals surface area contributed by atoms with Gasteiger partial charge in [-0.25, -0.2) is 0 Å². The summed E-state index contributed by atoms with van der Waals surface area (Å²) in [5, 5.41) is 3.19. The molecule has 0 radical (unpaired) electrons. The smallest absolute Gasteiger partial charge is 0.166 e. The van der Waals surface area contributed by atoms with Crippen molar-refractivity contribution in [3.8, 4) is 0 Å². The molecule has 0 bridgehead atoms. The Morgan fingerprint density at radius 1 is 1.69 bits per heavy atom. The number of Topliss-reactive ketones (excluding diaryl/α,β-unsaturated/α-hetero) is 1. The predicted octanol–water partition coefficient (Wildman–Crippen LogP) is 0.681. The van der Waals surface area contributed by atoms with Crippen LogP contribution in [0, 0.1) is 5.92 Å². The van der Waals surface area contributed by atoms with Crippen LogP contribution >= 0.6 is 0 Å². The summed E-state index contributed by atoms with van der Waals surface area (Å²) >= 11 is 0. The summed E-state index contributed by atoms with van der Waals surface area (Å²) in [6.45, 7) is 5.07. The molecule has 3 atom stereocenters. The van der Waals surface area contributed by atoms with Crippen molar-refractivity contribution in [1.29, 1.82) is 0 Å². The number of carbonyl (C=O) groups is 1. The van der Waals surface area contributed by atoms with Gasteiger partial charge in [0, 0.05) is 0 Å². The van der Waals surface area contributed by atoms with Crippen LogP contribution in [0.5, 0.6) is 0 Å². The molecular formula is C10H20N2O. The normalized spacial score (nSPS) is 27.2. The zero-order chi connectivity index (χ0) is 9.84. The second-order valence-electron chi connectivity index (χ2n) is 3.96. The standard InChI is InChI=1S/C10H20N2O/c1-3-7(2)9(11)10(13)8-5-4-6-12-8/h7-9,12H,3-6,11H2,1-2H3/t7-,8?,9-/m0/s1. The fourth-order valence-electron chi connectivity index (χ4n) is 1.69.